The van der Waals surface area contributed by atoms with Gasteiger partial charge in [-0.05, 0) is 51.1 Å². The molecule has 0 spiro atoms. The van der Waals surface area contributed by atoms with E-state index in [4.69, 9.17) is 14.2 Å². The van der Waals surface area contributed by atoms with Crippen LogP contribution < -0.4 is 0 Å². The molecule has 0 saturated heterocycles. The van der Waals surface area contributed by atoms with Gasteiger partial charge in [0.15, 0.2) is 6.29 Å². The highest BCUT2D eigenvalue weighted by Gasteiger charge is 2.31. The van der Waals surface area contributed by atoms with Gasteiger partial charge in [0.2, 0.25) is 0 Å². The Hall–Kier alpha value is -0.110. The van der Waals surface area contributed by atoms with Gasteiger partial charge in [-0.3, -0.25) is 0 Å². The number of ether oxygens (including phenoxy) is 3. The number of rotatable bonds is 7. The average Bonchev–Trinajstić information content (AvgIpc) is 2.87. The van der Waals surface area contributed by atoms with Gasteiger partial charge in [-0.25, -0.2) is 4.31 Å². The SMILES string of the molecule is CCOC(C)OC1CN(C(C)OCC)Sc2sccc21. The summed E-state index contributed by atoms with van der Waals surface area (Å²) in [5, 5.41) is 2.12. The van der Waals surface area contributed by atoms with Gasteiger partial charge in [0.25, 0.3) is 0 Å². The van der Waals surface area contributed by atoms with Crippen LogP contribution in [-0.4, -0.2) is 36.6 Å². The normalized spacial score (nSPS) is 22.5. The third-order valence-electron chi connectivity index (χ3n) is 3.12. The van der Waals surface area contributed by atoms with Crippen molar-refractivity contribution in [1.29, 1.82) is 0 Å². The smallest absolute Gasteiger partial charge is 0.155 e. The van der Waals surface area contributed by atoms with Crippen molar-refractivity contribution in [3.63, 3.8) is 0 Å². The van der Waals surface area contributed by atoms with Crippen LogP contribution in [0.15, 0.2) is 15.7 Å². The van der Waals surface area contributed by atoms with Crippen molar-refractivity contribution in [2.45, 2.75) is 50.5 Å². The highest BCUT2D eigenvalue weighted by molar-refractivity contribution is 7.99. The number of fused-ring (bicyclic) bond motifs is 1. The molecule has 1 aliphatic rings. The molecule has 0 bridgehead atoms. The molecule has 3 atom stereocenters. The molecule has 2 rings (SSSR count). The van der Waals surface area contributed by atoms with Gasteiger partial charge in [-0.2, -0.15) is 0 Å². The lowest BCUT2D eigenvalue weighted by molar-refractivity contribution is -0.166. The molecule has 0 aromatic carbocycles. The summed E-state index contributed by atoms with van der Waals surface area (Å²) in [6.45, 7) is 10.2. The first-order valence-corrected chi connectivity index (χ1v) is 8.71. The molecule has 2 heterocycles. The van der Waals surface area contributed by atoms with Crippen LogP contribution in [0.2, 0.25) is 0 Å². The molecule has 0 radical (unpaired) electrons. The molecule has 6 heteroatoms. The molecule has 3 unspecified atom stereocenters. The Morgan fingerprint density at radius 1 is 1.30 bits per heavy atom. The van der Waals surface area contributed by atoms with Gasteiger partial charge in [0.05, 0.1) is 4.21 Å². The molecule has 1 aromatic rings. The van der Waals surface area contributed by atoms with Gasteiger partial charge in [0.1, 0.15) is 12.3 Å². The van der Waals surface area contributed by atoms with E-state index >= 15 is 0 Å². The number of hydrogen-bond donors (Lipinski definition) is 0. The van der Waals surface area contributed by atoms with E-state index in [9.17, 15) is 0 Å². The zero-order valence-corrected chi connectivity index (χ0v) is 14.1. The van der Waals surface area contributed by atoms with Crippen LogP contribution in [0, 0.1) is 0 Å². The Morgan fingerprint density at radius 2 is 2.05 bits per heavy atom. The summed E-state index contributed by atoms with van der Waals surface area (Å²) >= 11 is 3.52. The topological polar surface area (TPSA) is 30.9 Å². The maximum absolute atomic E-state index is 6.05. The van der Waals surface area contributed by atoms with E-state index in [2.05, 4.69) is 22.7 Å². The van der Waals surface area contributed by atoms with E-state index in [1.807, 2.05) is 20.8 Å². The maximum atomic E-state index is 6.05. The van der Waals surface area contributed by atoms with Crippen LogP contribution in [0.5, 0.6) is 0 Å². The summed E-state index contributed by atoms with van der Waals surface area (Å²) in [4.78, 5) is 0. The van der Waals surface area contributed by atoms with Crippen LogP contribution in [-0.2, 0) is 14.2 Å². The van der Waals surface area contributed by atoms with Crippen molar-refractivity contribution in [3.05, 3.63) is 17.0 Å². The second-order valence-electron chi connectivity index (χ2n) is 4.56. The number of nitrogens with zero attached hydrogens (tertiary/aromatic N) is 1. The Kier molecular flexibility index (Phi) is 6.32. The van der Waals surface area contributed by atoms with Gasteiger partial charge in [0, 0.05) is 25.3 Å². The largest absolute Gasteiger partial charge is 0.363 e. The lowest BCUT2D eigenvalue weighted by Crippen LogP contribution is -2.37. The second-order valence-corrected chi connectivity index (χ2v) is 6.79. The molecule has 0 aliphatic carbocycles. The fraction of sp³-hybridized carbons (Fsp3) is 0.714. The minimum atomic E-state index is -0.190. The quantitative estimate of drug-likeness (QED) is 0.562. The predicted octanol–water partition coefficient (Wildman–Crippen LogP) is 3.89. The van der Waals surface area contributed by atoms with Crippen LogP contribution >= 0.6 is 23.3 Å². The molecule has 0 saturated carbocycles. The van der Waals surface area contributed by atoms with Crippen molar-refractivity contribution in [2.24, 2.45) is 0 Å². The van der Waals surface area contributed by atoms with Crippen LogP contribution in [0.25, 0.3) is 0 Å². The van der Waals surface area contributed by atoms with Crippen molar-refractivity contribution in [2.75, 3.05) is 19.8 Å². The van der Waals surface area contributed by atoms with Gasteiger partial charge >= 0.3 is 0 Å². The summed E-state index contributed by atoms with van der Waals surface area (Å²) < 4.78 is 20.8. The van der Waals surface area contributed by atoms with Crippen molar-refractivity contribution in [3.8, 4) is 0 Å². The fourth-order valence-electron chi connectivity index (χ4n) is 2.19. The van der Waals surface area contributed by atoms with Gasteiger partial charge < -0.3 is 14.2 Å². The molecule has 0 amide bonds. The van der Waals surface area contributed by atoms with Crippen molar-refractivity contribution < 1.29 is 14.2 Å². The third-order valence-corrected chi connectivity index (χ3v) is 5.44. The van der Waals surface area contributed by atoms with E-state index in [0.717, 1.165) is 13.2 Å². The molecule has 1 aromatic heterocycles. The minimum absolute atomic E-state index is 0.0435. The second kappa shape index (κ2) is 7.77. The first kappa shape index (κ1) is 16.3. The van der Waals surface area contributed by atoms with Crippen LogP contribution in [0.1, 0.15) is 39.4 Å². The molecular formula is C14H23NO3S2. The zero-order chi connectivity index (χ0) is 14.5. The van der Waals surface area contributed by atoms with E-state index < -0.39 is 0 Å². The van der Waals surface area contributed by atoms with Gasteiger partial charge in [-0.1, -0.05) is 0 Å². The van der Waals surface area contributed by atoms with E-state index in [0.29, 0.717) is 6.61 Å². The lowest BCUT2D eigenvalue weighted by atomic mass is 10.2. The molecule has 1 aliphatic heterocycles. The Balaban J connectivity index is 2.07. The average molecular weight is 317 g/mol. The fourth-order valence-corrected chi connectivity index (χ4v) is 4.43. The molecule has 0 fully saturated rings. The number of hydrogen-bond acceptors (Lipinski definition) is 6. The van der Waals surface area contributed by atoms with Crippen LogP contribution in [0.3, 0.4) is 0 Å². The number of thiophene rings is 1. The summed E-state index contributed by atoms with van der Waals surface area (Å²) in [5.41, 5.74) is 1.27. The van der Waals surface area contributed by atoms with E-state index in [-0.39, 0.29) is 18.6 Å². The highest BCUT2D eigenvalue weighted by atomic mass is 32.2. The summed E-state index contributed by atoms with van der Waals surface area (Å²) in [5.74, 6) is 0. The lowest BCUT2D eigenvalue weighted by Gasteiger charge is -2.35. The maximum Gasteiger partial charge on any atom is 0.155 e. The Labute approximate surface area is 129 Å². The molecule has 4 nitrogen and oxygen atoms in total. The van der Waals surface area contributed by atoms with E-state index in [1.165, 1.54) is 9.77 Å². The first-order chi connectivity index (χ1) is 9.65. The molecule has 20 heavy (non-hydrogen) atoms. The molecule has 114 valence electrons. The van der Waals surface area contributed by atoms with Crippen molar-refractivity contribution in [1.82, 2.24) is 4.31 Å². The highest BCUT2D eigenvalue weighted by Crippen LogP contribution is 2.43. The summed E-state index contributed by atoms with van der Waals surface area (Å²) in [6.07, 6.45) is -0.0687. The Morgan fingerprint density at radius 3 is 2.75 bits per heavy atom. The Bertz CT molecular complexity index is 413. The third kappa shape index (κ3) is 3.96. The standard InChI is InChI=1S/C14H23NO3S2/c1-5-16-10(3)15-9-13(18-11(4)17-6-2)12-7-8-19-14(12)20-15/h7-8,10-11,13H,5-6,9H2,1-4H3. The summed E-state index contributed by atoms with van der Waals surface area (Å²) in [7, 11) is 0. The molecular weight excluding hydrogens is 294 g/mol. The minimum Gasteiger partial charge on any atom is -0.363 e. The zero-order valence-electron chi connectivity index (χ0n) is 12.5. The van der Waals surface area contributed by atoms with Crippen molar-refractivity contribution >= 4 is 23.3 Å². The summed E-state index contributed by atoms with van der Waals surface area (Å²) in [6, 6.07) is 2.15. The van der Waals surface area contributed by atoms with Gasteiger partial charge in [-0.15, -0.1) is 11.3 Å². The van der Waals surface area contributed by atoms with Crippen LogP contribution in [0.4, 0.5) is 0 Å². The monoisotopic (exact) mass is 317 g/mol. The first-order valence-electron chi connectivity index (χ1n) is 7.06. The predicted molar refractivity (Wildman–Crippen MR) is 82.9 cm³/mol. The van der Waals surface area contributed by atoms with E-state index in [1.54, 1.807) is 23.3 Å². The molecule has 0 N–H and O–H groups in total.